The Kier molecular flexibility index (Phi) is 6.69. The monoisotopic (exact) mass is 590 g/mol. The zero-order valence-corrected chi connectivity index (χ0v) is 23.9. The van der Waals surface area contributed by atoms with Crippen molar-refractivity contribution in [3.8, 4) is 11.1 Å². The number of nitrogens with zero attached hydrogens (tertiary/aromatic N) is 1. The highest BCUT2D eigenvalue weighted by Gasteiger charge is 2.65. The summed E-state index contributed by atoms with van der Waals surface area (Å²) in [5, 5.41) is 15.6. The minimum atomic E-state index is -3.13. The number of rotatable bonds is 9. The molecular weight excluding hydrogens is 558 g/mol. The first-order valence-corrected chi connectivity index (χ1v) is 14.6. The smallest absolute Gasteiger partial charge is 0.299 e. The number of amides is 2. The van der Waals surface area contributed by atoms with Gasteiger partial charge in [0.05, 0.1) is 18.6 Å². The average Bonchev–Trinajstić information content (AvgIpc) is 3.27. The number of fused-ring (bicyclic) bond motifs is 4. The second kappa shape index (κ2) is 10.0. The van der Waals surface area contributed by atoms with Crippen molar-refractivity contribution in [1.29, 1.82) is 5.41 Å². The maximum atomic E-state index is 14.9. The van der Waals surface area contributed by atoms with Gasteiger partial charge in [-0.2, -0.15) is 8.78 Å². The van der Waals surface area contributed by atoms with Gasteiger partial charge in [-0.15, -0.1) is 11.3 Å². The van der Waals surface area contributed by atoms with Gasteiger partial charge in [0.15, 0.2) is 0 Å². The van der Waals surface area contributed by atoms with E-state index in [4.69, 9.17) is 16.9 Å². The van der Waals surface area contributed by atoms with Crippen LogP contribution in [0, 0.1) is 10.8 Å². The number of hydrogen-bond donors (Lipinski definition) is 5. The first kappa shape index (κ1) is 28.0. The summed E-state index contributed by atoms with van der Waals surface area (Å²) >= 11 is 1.49. The van der Waals surface area contributed by atoms with Crippen LogP contribution < -0.4 is 22.1 Å². The molecule has 2 amide bonds. The maximum Gasteiger partial charge on any atom is 0.299 e. The van der Waals surface area contributed by atoms with Gasteiger partial charge in [0.1, 0.15) is 5.84 Å². The molecule has 1 aromatic heterocycles. The van der Waals surface area contributed by atoms with Crippen LogP contribution in [0.15, 0.2) is 66.2 Å². The van der Waals surface area contributed by atoms with Crippen LogP contribution in [0.1, 0.15) is 57.7 Å². The number of piperidine rings is 1. The first-order chi connectivity index (χ1) is 20.0. The molecule has 0 spiro atoms. The van der Waals surface area contributed by atoms with E-state index >= 15 is 0 Å². The summed E-state index contributed by atoms with van der Waals surface area (Å²) in [6.45, 7) is 6.43. The van der Waals surface area contributed by atoms with Gasteiger partial charge in [-0.3, -0.25) is 15.0 Å². The maximum absolute atomic E-state index is 14.9. The number of benzene rings is 2. The zero-order chi connectivity index (χ0) is 30.0. The molecule has 2 aromatic carbocycles. The number of halogens is 2. The minimum Gasteiger partial charge on any atom is -0.384 e. The molecule has 0 bridgehead atoms. The average molecular weight is 591 g/mol. The Morgan fingerprint density at radius 1 is 1.14 bits per heavy atom. The van der Waals surface area contributed by atoms with E-state index in [0.717, 1.165) is 11.3 Å². The highest BCUT2D eigenvalue weighted by atomic mass is 32.1. The summed E-state index contributed by atoms with van der Waals surface area (Å²) in [6, 6.07) is 11.8. The van der Waals surface area contributed by atoms with Crippen LogP contribution in [-0.4, -0.2) is 47.7 Å². The van der Waals surface area contributed by atoms with Crippen LogP contribution in [0.25, 0.3) is 11.1 Å². The Morgan fingerprint density at radius 3 is 2.60 bits per heavy atom. The number of hydrogen-bond acceptors (Lipinski definition) is 6. The molecule has 8 nitrogen and oxygen atoms in total. The molecule has 0 radical (unpaired) electrons. The fourth-order valence-electron chi connectivity index (χ4n) is 6.42. The summed E-state index contributed by atoms with van der Waals surface area (Å²) in [6.07, 6.45) is 1.47. The molecule has 1 saturated heterocycles. The lowest BCUT2D eigenvalue weighted by molar-refractivity contribution is -0.131. The first-order valence-electron chi connectivity index (χ1n) is 13.8. The highest BCUT2D eigenvalue weighted by molar-refractivity contribution is 7.10. The van der Waals surface area contributed by atoms with Crippen LogP contribution in [0.5, 0.6) is 0 Å². The van der Waals surface area contributed by atoms with Gasteiger partial charge in [-0.25, -0.2) is 0 Å². The SMILES string of the molecule is C=C(N[C@H](C)c1cc(C(=N)N)cs1)[C@@H]1C[C@@]2(CN)CC2N1C(=O)CNC(=O)c1ccc2c(c1)-c1ccccc1C2(F)F. The van der Waals surface area contributed by atoms with E-state index in [1.54, 1.807) is 23.1 Å². The summed E-state index contributed by atoms with van der Waals surface area (Å²) < 4.78 is 29.8. The summed E-state index contributed by atoms with van der Waals surface area (Å²) in [7, 11) is 0. The molecule has 218 valence electrons. The zero-order valence-electron chi connectivity index (χ0n) is 23.0. The van der Waals surface area contributed by atoms with Crippen molar-refractivity contribution in [2.45, 2.75) is 43.8 Å². The molecular formula is C31H32F2N6O2S. The molecule has 6 rings (SSSR count). The van der Waals surface area contributed by atoms with Gasteiger partial charge in [-0.05, 0) is 49.1 Å². The van der Waals surface area contributed by atoms with Gasteiger partial charge in [-0.1, -0.05) is 36.9 Å². The van der Waals surface area contributed by atoms with Crippen molar-refractivity contribution in [3.05, 3.63) is 93.3 Å². The Labute approximate surface area is 246 Å². The van der Waals surface area contributed by atoms with Crippen LogP contribution in [-0.2, 0) is 10.7 Å². The normalized spacial score (nSPS) is 23.4. The largest absolute Gasteiger partial charge is 0.384 e. The molecule has 1 saturated carbocycles. The van der Waals surface area contributed by atoms with Crippen molar-refractivity contribution in [1.82, 2.24) is 15.5 Å². The summed E-state index contributed by atoms with van der Waals surface area (Å²) in [5.41, 5.74) is 13.6. The number of carbonyl (C=O) groups is 2. The number of nitrogens with two attached hydrogens (primary N) is 2. The third-order valence-electron chi connectivity index (χ3n) is 8.85. The fourth-order valence-corrected chi connectivity index (χ4v) is 7.33. The number of carbonyl (C=O) groups excluding carboxylic acids is 2. The third-order valence-corrected chi connectivity index (χ3v) is 9.97. The molecule has 42 heavy (non-hydrogen) atoms. The fraction of sp³-hybridized carbons (Fsp3) is 0.323. The van der Waals surface area contributed by atoms with Crippen LogP contribution in [0.3, 0.4) is 0 Å². The van der Waals surface area contributed by atoms with Crippen molar-refractivity contribution in [2.75, 3.05) is 13.1 Å². The van der Waals surface area contributed by atoms with E-state index in [1.165, 1.54) is 35.6 Å². The topological polar surface area (TPSA) is 137 Å². The lowest BCUT2D eigenvalue weighted by Gasteiger charge is -2.31. The van der Waals surface area contributed by atoms with Gasteiger partial charge < -0.3 is 27.0 Å². The quantitative estimate of drug-likeness (QED) is 0.189. The highest BCUT2D eigenvalue weighted by Crippen LogP contribution is 2.59. The molecule has 11 heteroatoms. The van der Waals surface area contributed by atoms with Crippen molar-refractivity contribution < 1.29 is 18.4 Å². The number of nitrogens with one attached hydrogen (secondary N) is 3. The molecule has 7 N–H and O–H groups in total. The number of likely N-dealkylation sites (tertiary alicyclic amines) is 1. The second-order valence-electron chi connectivity index (χ2n) is 11.4. The van der Waals surface area contributed by atoms with Crippen LogP contribution in [0.4, 0.5) is 8.78 Å². The Balaban J connectivity index is 1.14. The van der Waals surface area contributed by atoms with E-state index in [2.05, 4.69) is 17.2 Å². The molecule has 4 atom stereocenters. The minimum absolute atomic E-state index is 0.00533. The number of amidine groups is 1. The second-order valence-corrected chi connectivity index (χ2v) is 12.4. The van der Waals surface area contributed by atoms with E-state index in [9.17, 15) is 18.4 Å². The molecule has 3 aromatic rings. The van der Waals surface area contributed by atoms with Crippen molar-refractivity contribution in [3.63, 3.8) is 0 Å². The number of thiophene rings is 1. The lowest BCUT2D eigenvalue weighted by Crippen LogP contribution is -2.47. The predicted octanol–water partition coefficient (Wildman–Crippen LogP) is 4.07. The molecule has 3 aliphatic rings. The van der Waals surface area contributed by atoms with Gasteiger partial charge in [0.2, 0.25) is 5.91 Å². The molecule has 2 fully saturated rings. The molecule has 2 aliphatic carbocycles. The molecule has 1 aliphatic heterocycles. The summed E-state index contributed by atoms with van der Waals surface area (Å²) in [5.74, 6) is -3.89. The van der Waals surface area contributed by atoms with Gasteiger partial charge >= 0.3 is 0 Å². The standard InChI is InChI=1S/C31H32F2N6O2S/c1-16(38-17(2)25-10-19(14-42-25)28(35)36)24-11-30(15-34)12-26(30)39(24)27(40)13-37-29(41)18-7-8-23-21(9-18)20-5-3-4-6-22(20)31(23,32)33/h3-10,14,17,24,26,38H,1,11-13,15,34H2,2H3,(H3,35,36)(H,37,41)/t17-,24+,26?,30+/m1/s1. The Hall–Kier alpha value is -4.09. The van der Waals surface area contributed by atoms with E-state index in [1.807, 2.05) is 18.4 Å². The van der Waals surface area contributed by atoms with E-state index in [-0.39, 0.29) is 58.5 Å². The molecule has 1 unspecified atom stereocenters. The van der Waals surface area contributed by atoms with E-state index in [0.29, 0.717) is 35.4 Å². The Bertz CT molecular complexity index is 1640. The predicted molar refractivity (Wildman–Crippen MR) is 158 cm³/mol. The lowest BCUT2D eigenvalue weighted by atomic mass is 9.98. The number of alkyl halides is 2. The number of nitrogen functional groups attached to an aromatic ring is 1. The van der Waals surface area contributed by atoms with Crippen LogP contribution in [0.2, 0.25) is 0 Å². The van der Waals surface area contributed by atoms with Gasteiger partial charge in [0.25, 0.3) is 11.8 Å². The van der Waals surface area contributed by atoms with Gasteiger partial charge in [0, 0.05) is 56.2 Å². The third kappa shape index (κ3) is 4.47. The van der Waals surface area contributed by atoms with Crippen molar-refractivity contribution in [2.24, 2.45) is 16.9 Å². The van der Waals surface area contributed by atoms with Crippen molar-refractivity contribution >= 4 is 29.0 Å². The van der Waals surface area contributed by atoms with Crippen LogP contribution >= 0.6 is 11.3 Å². The summed E-state index contributed by atoms with van der Waals surface area (Å²) in [4.78, 5) is 29.4. The van der Waals surface area contributed by atoms with E-state index < -0.39 is 11.8 Å². The Morgan fingerprint density at radius 2 is 1.88 bits per heavy atom. The molecule has 2 heterocycles.